The highest BCUT2D eigenvalue weighted by molar-refractivity contribution is 7.89. The molecule has 21 heavy (non-hydrogen) atoms. The average Bonchev–Trinajstić information content (AvgIpc) is 3.17. The Labute approximate surface area is 127 Å². The van der Waals surface area contributed by atoms with Gasteiger partial charge in [-0.1, -0.05) is 24.6 Å². The van der Waals surface area contributed by atoms with Crippen LogP contribution in [0.15, 0.2) is 17.0 Å². The maximum absolute atomic E-state index is 13.0. The van der Waals surface area contributed by atoms with Crippen molar-refractivity contribution < 1.29 is 8.42 Å². The molecule has 1 aromatic carbocycles. The van der Waals surface area contributed by atoms with Crippen molar-refractivity contribution >= 4 is 10.0 Å². The first-order chi connectivity index (χ1) is 9.82. The van der Waals surface area contributed by atoms with Crippen molar-refractivity contribution in [3.05, 3.63) is 28.8 Å². The molecule has 114 valence electrons. The van der Waals surface area contributed by atoms with E-state index in [0.717, 1.165) is 29.5 Å². The Hall–Kier alpha value is -1.38. The van der Waals surface area contributed by atoms with E-state index < -0.39 is 16.1 Å². The average molecular weight is 306 g/mol. The Kier molecular flexibility index (Phi) is 4.40. The summed E-state index contributed by atoms with van der Waals surface area (Å²) in [7, 11) is -3.63. The summed E-state index contributed by atoms with van der Waals surface area (Å²) < 4.78 is 27.4. The van der Waals surface area contributed by atoms with Gasteiger partial charge in [0.1, 0.15) is 6.04 Å². The standard InChI is InChI=1S/C16H22N2O2S/c1-5-18(15(10-17)14-6-7-14)21(19,20)16-12(3)8-11(2)9-13(16)4/h8-9,14-15H,5-7H2,1-4H3. The minimum absolute atomic E-state index is 0.191. The third-order valence-electron chi connectivity index (χ3n) is 3.99. The van der Waals surface area contributed by atoms with Gasteiger partial charge in [-0.05, 0) is 50.7 Å². The highest BCUT2D eigenvalue weighted by atomic mass is 32.2. The monoisotopic (exact) mass is 306 g/mol. The molecule has 0 bridgehead atoms. The van der Waals surface area contributed by atoms with Gasteiger partial charge >= 0.3 is 0 Å². The summed E-state index contributed by atoms with van der Waals surface area (Å²) in [6.07, 6.45) is 1.88. The zero-order valence-electron chi connectivity index (χ0n) is 13.0. The summed E-state index contributed by atoms with van der Waals surface area (Å²) in [5, 5.41) is 9.37. The third kappa shape index (κ3) is 2.97. The minimum atomic E-state index is -3.63. The molecular weight excluding hydrogens is 284 g/mol. The number of nitriles is 1. The summed E-state index contributed by atoms with van der Waals surface area (Å²) in [5.74, 6) is 0.191. The molecule has 1 fully saturated rings. The summed E-state index contributed by atoms with van der Waals surface area (Å²) >= 11 is 0. The van der Waals surface area contributed by atoms with E-state index in [2.05, 4.69) is 6.07 Å². The van der Waals surface area contributed by atoms with E-state index in [-0.39, 0.29) is 5.92 Å². The van der Waals surface area contributed by atoms with Crippen LogP contribution in [0.2, 0.25) is 0 Å². The topological polar surface area (TPSA) is 61.2 Å². The Morgan fingerprint density at radius 2 is 1.81 bits per heavy atom. The molecule has 0 aliphatic heterocycles. The van der Waals surface area contributed by atoms with Gasteiger partial charge in [0.2, 0.25) is 10.0 Å². The minimum Gasteiger partial charge on any atom is -0.207 e. The molecule has 0 radical (unpaired) electrons. The maximum Gasteiger partial charge on any atom is 0.244 e. The fraction of sp³-hybridized carbons (Fsp3) is 0.562. The molecule has 1 saturated carbocycles. The zero-order chi connectivity index (χ0) is 15.8. The quantitative estimate of drug-likeness (QED) is 0.840. The van der Waals surface area contributed by atoms with Crippen LogP contribution in [0.1, 0.15) is 36.5 Å². The lowest BCUT2D eigenvalue weighted by molar-refractivity contribution is 0.355. The smallest absolute Gasteiger partial charge is 0.207 e. The van der Waals surface area contributed by atoms with Crippen LogP contribution >= 0.6 is 0 Å². The van der Waals surface area contributed by atoms with E-state index in [9.17, 15) is 13.7 Å². The van der Waals surface area contributed by atoms with Crippen LogP contribution in [0.5, 0.6) is 0 Å². The Bertz CT molecular complexity index is 662. The Balaban J connectivity index is 2.52. The SMILES string of the molecule is CCN(C(C#N)C1CC1)S(=O)(=O)c1c(C)cc(C)cc1C. The molecule has 0 saturated heterocycles. The molecule has 0 heterocycles. The highest BCUT2D eigenvalue weighted by Crippen LogP contribution is 2.37. The molecule has 5 heteroatoms. The number of sulfonamides is 1. The van der Waals surface area contributed by atoms with E-state index in [1.54, 1.807) is 6.92 Å². The molecule has 0 spiro atoms. The van der Waals surface area contributed by atoms with Gasteiger partial charge in [0.15, 0.2) is 0 Å². The number of benzene rings is 1. The molecule has 1 unspecified atom stereocenters. The summed E-state index contributed by atoms with van der Waals surface area (Å²) in [6, 6.07) is 5.41. The molecule has 2 rings (SSSR count). The third-order valence-corrected chi connectivity index (χ3v) is 6.26. The van der Waals surface area contributed by atoms with Crippen LogP contribution in [0.4, 0.5) is 0 Å². The van der Waals surface area contributed by atoms with Crippen molar-refractivity contribution in [1.82, 2.24) is 4.31 Å². The van der Waals surface area contributed by atoms with Crippen LogP contribution in [0.25, 0.3) is 0 Å². The number of nitrogens with zero attached hydrogens (tertiary/aromatic N) is 2. The van der Waals surface area contributed by atoms with E-state index in [1.165, 1.54) is 4.31 Å². The van der Waals surface area contributed by atoms with Gasteiger partial charge < -0.3 is 0 Å². The Morgan fingerprint density at radius 3 is 2.19 bits per heavy atom. The van der Waals surface area contributed by atoms with Crippen LogP contribution in [0.3, 0.4) is 0 Å². The van der Waals surface area contributed by atoms with Crippen LogP contribution in [0, 0.1) is 38.0 Å². The second kappa shape index (κ2) is 5.78. The van der Waals surface area contributed by atoms with E-state index in [1.807, 2.05) is 32.9 Å². The second-order valence-corrected chi connectivity index (χ2v) is 7.67. The van der Waals surface area contributed by atoms with Crippen molar-refractivity contribution in [2.75, 3.05) is 6.54 Å². The van der Waals surface area contributed by atoms with Crippen molar-refractivity contribution in [2.24, 2.45) is 5.92 Å². The van der Waals surface area contributed by atoms with E-state index >= 15 is 0 Å². The molecule has 1 atom stereocenters. The number of aryl methyl sites for hydroxylation is 3. The number of hydrogen-bond acceptors (Lipinski definition) is 3. The van der Waals surface area contributed by atoms with Crippen LogP contribution < -0.4 is 0 Å². The summed E-state index contributed by atoms with van der Waals surface area (Å²) in [5.41, 5.74) is 2.54. The first-order valence-corrected chi connectivity index (χ1v) is 8.76. The fourth-order valence-corrected chi connectivity index (χ4v) is 5.05. The predicted molar refractivity (Wildman–Crippen MR) is 82.3 cm³/mol. The molecule has 0 aromatic heterocycles. The lowest BCUT2D eigenvalue weighted by Crippen LogP contribution is -2.41. The second-order valence-electron chi connectivity index (χ2n) is 5.85. The number of hydrogen-bond donors (Lipinski definition) is 0. The molecule has 1 aromatic rings. The zero-order valence-corrected chi connectivity index (χ0v) is 13.9. The van der Waals surface area contributed by atoms with E-state index in [4.69, 9.17) is 0 Å². The first kappa shape index (κ1) is 16.0. The van der Waals surface area contributed by atoms with Crippen LogP contribution in [-0.4, -0.2) is 25.3 Å². The summed E-state index contributed by atoms with van der Waals surface area (Å²) in [6.45, 7) is 7.71. The van der Waals surface area contributed by atoms with Crippen LogP contribution in [-0.2, 0) is 10.0 Å². The van der Waals surface area contributed by atoms with Gasteiger partial charge in [0.05, 0.1) is 11.0 Å². The van der Waals surface area contributed by atoms with Gasteiger partial charge in [-0.3, -0.25) is 0 Å². The summed E-state index contributed by atoms with van der Waals surface area (Å²) in [4.78, 5) is 0.357. The molecule has 1 aliphatic rings. The lowest BCUT2D eigenvalue weighted by Gasteiger charge is -2.27. The van der Waals surface area contributed by atoms with Crippen molar-refractivity contribution in [3.8, 4) is 6.07 Å². The highest BCUT2D eigenvalue weighted by Gasteiger charge is 2.41. The van der Waals surface area contributed by atoms with Gasteiger partial charge in [0.25, 0.3) is 0 Å². The lowest BCUT2D eigenvalue weighted by atomic mass is 10.1. The Morgan fingerprint density at radius 1 is 1.29 bits per heavy atom. The van der Waals surface area contributed by atoms with Crippen molar-refractivity contribution in [3.63, 3.8) is 0 Å². The largest absolute Gasteiger partial charge is 0.244 e. The van der Waals surface area contributed by atoms with Crippen molar-refractivity contribution in [2.45, 2.75) is 51.5 Å². The normalized spacial score (nSPS) is 16.8. The van der Waals surface area contributed by atoms with Gasteiger partial charge in [-0.2, -0.15) is 9.57 Å². The maximum atomic E-state index is 13.0. The molecule has 4 nitrogen and oxygen atoms in total. The predicted octanol–water partition coefficient (Wildman–Crippen LogP) is 2.92. The molecule has 1 aliphatic carbocycles. The molecular formula is C16H22N2O2S. The first-order valence-electron chi connectivity index (χ1n) is 7.32. The van der Waals surface area contributed by atoms with Gasteiger partial charge in [0, 0.05) is 6.54 Å². The van der Waals surface area contributed by atoms with Crippen molar-refractivity contribution in [1.29, 1.82) is 5.26 Å². The van der Waals surface area contributed by atoms with Gasteiger partial charge in [-0.15, -0.1) is 0 Å². The van der Waals surface area contributed by atoms with Gasteiger partial charge in [-0.25, -0.2) is 8.42 Å². The molecule has 0 N–H and O–H groups in total. The fourth-order valence-electron chi connectivity index (χ4n) is 3.02. The number of rotatable bonds is 5. The van der Waals surface area contributed by atoms with E-state index in [0.29, 0.717) is 11.4 Å². The molecule has 0 amide bonds.